The zero-order valence-electron chi connectivity index (χ0n) is 12.8. The molecule has 7 heteroatoms. The maximum absolute atomic E-state index is 12.4. The lowest BCUT2D eigenvalue weighted by molar-refractivity contribution is -0.143. The van der Waals surface area contributed by atoms with Gasteiger partial charge in [0.1, 0.15) is 6.54 Å². The van der Waals surface area contributed by atoms with E-state index < -0.39 is 5.97 Å². The van der Waals surface area contributed by atoms with Crippen molar-refractivity contribution in [3.8, 4) is 5.69 Å². The van der Waals surface area contributed by atoms with Crippen LogP contribution >= 0.6 is 0 Å². The molecule has 0 spiro atoms. The number of carbonyl (C=O) groups is 2. The summed E-state index contributed by atoms with van der Waals surface area (Å²) in [5.41, 5.74) is 1.48. The summed E-state index contributed by atoms with van der Waals surface area (Å²) in [4.78, 5) is 26.5. The Labute approximate surface area is 128 Å². The minimum Gasteiger partial charge on any atom is -0.465 e. The maximum Gasteiger partial charge on any atom is 0.325 e. The molecule has 0 atom stereocenters. The number of hydrogen-bond acceptors (Lipinski definition) is 5. The van der Waals surface area contributed by atoms with Gasteiger partial charge >= 0.3 is 5.97 Å². The first-order valence-corrected chi connectivity index (χ1v) is 6.93. The van der Waals surface area contributed by atoms with Crippen LogP contribution in [0.2, 0.25) is 0 Å². The van der Waals surface area contributed by atoms with Gasteiger partial charge in [0.05, 0.1) is 18.0 Å². The number of amides is 1. The number of benzene rings is 1. The standard InChI is InChI=1S/C15H18N4O3/c1-4-22-13(20)10-18(3)15(21)14-11(2)16-19(17-14)12-8-6-5-7-9-12/h5-9H,4,10H2,1-3H3. The van der Waals surface area contributed by atoms with Crippen LogP contribution in [0.3, 0.4) is 0 Å². The predicted molar refractivity (Wildman–Crippen MR) is 79.7 cm³/mol. The number of carbonyl (C=O) groups excluding carboxylic acids is 2. The van der Waals surface area contributed by atoms with Crippen LogP contribution in [0.4, 0.5) is 0 Å². The summed E-state index contributed by atoms with van der Waals surface area (Å²) in [5, 5.41) is 8.46. The van der Waals surface area contributed by atoms with Gasteiger partial charge in [0.15, 0.2) is 5.69 Å². The molecular weight excluding hydrogens is 284 g/mol. The Morgan fingerprint density at radius 1 is 1.23 bits per heavy atom. The van der Waals surface area contributed by atoms with E-state index in [1.807, 2.05) is 30.3 Å². The van der Waals surface area contributed by atoms with E-state index in [2.05, 4.69) is 10.2 Å². The number of aryl methyl sites for hydroxylation is 1. The molecule has 2 rings (SSSR count). The van der Waals surface area contributed by atoms with E-state index in [0.29, 0.717) is 5.69 Å². The largest absolute Gasteiger partial charge is 0.465 e. The highest BCUT2D eigenvalue weighted by molar-refractivity contribution is 5.94. The van der Waals surface area contributed by atoms with Crippen molar-refractivity contribution in [1.29, 1.82) is 0 Å². The van der Waals surface area contributed by atoms with Crippen LogP contribution in [0, 0.1) is 6.92 Å². The molecule has 0 unspecified atom stereocenters. The lowest BCUT2D eigenvalue weighted by atomic mass is 10.3. The van der Waals surface area contributed by atoms with Crippen LogP contribution in [-0.2, 0) is 9.53 Å². The fourth-order valence-corrected chi connectivity index (χ4v) is 1.91. The second-order valence-corrected chi connectivity index (χ2v) is 4.73. The fraction of sp³-hybridized carbons (Fsp3) is 0.333. The zero-order valence-corrected chi connectivity index (χ0v) is 12.8. The molecule has 0 N–H and O–H groups in total. The van der Waals surface area contributed by atoms with Crippen LogP contribution < -0.4 is 0 Å². The Morgan fingerprint density at radius 3 is 2.55 bits per heavy atom. The smallest absolute Gasteiger partial charge is 0.325 e. The van der Waals surface area contributed by atoms with Crippen molar-refractivity contribution < 1.29 is 14.3 Å². The number of likely N-dealkylation sites (N-methyl/N-ethyl adjacent to an activating group) is 1. The number of rotatable bonds is 5. The third kappa shape index (κ3) is 3.49. The molecule has 0 fully saturated rings. The van der Waals surface area contributed by atoms with Crippen LogP contribution in [0.25, 0.3) is 5.69 Å². The first-order valence-electron chi connectivity index (χ1n) is 6.93. The van der Waals surface area contributed by atoms with Crippen molar-refractivity contribution >= 4 is 11.9 Å². The molecule has 1 aromatic carbocycles. The molecule has 0 radical (unpaired) electrons. The van der Waals surface area contributed by atoms with Crippen LogP contribution in [-0.4, -0.2) is 52.0 Å². The van der Waals surface area contributed by atoms with E-state index >= 15 is 0 Å². The Balaban J connectivity index is 2.17. The summed E-state index contributed by atoms with van der Waals surface area (Å²) in [5.74, 6) is -0.820. The van der Waals surface area contributed by atoms with E-state index in [1.165, 1.54) is 16.7 Å². The quantitative estimate of drug-likeness (QED) is 0.776. The molecule has 1 heterocycles. The second-order valence-electron chi connectivity index (χ2n) is 4.73. The summed E-state index contributed by atoms with van der Waals surface area (Å²) in [7, 11) is 1.53. The Morgan fingerprint density at radius 2 is 1.91 bits per heavy atom. The Bertz CT molecular complexity index is 667. The van der Waals surface area contributed by atoms with Crippen molar-refractivity contribution in [2.45, 2.75) is 13.8 Å². The van der Waals surface area contributed by atoms with Gasteiger partial charge in [0.25, 0.3) is 5.91 Å². The van der Waals surface area contributed by atoms with Gasteiger partial charge < -0.3 is 9.64 Å². The van der Waals surface area contributed by atoms with Crippen molar-refractivity contribution in [2.24, 2.45) is 0 Å². The average Bonchev–Trinajstić information content (AvgIpc) is 2.89. The summed E-state index contributed by atoms with van der Waals surface area (Å²) < 4.78 is 4.83. The Hall–Kier alpha value is -2.70. The van der Waals surface area contributed by atoms with Crippen LogP contribution in [0.5, 0.6) is 0 Å². The van der Waals surface area contributed by atoms with E-state index in [-0.39, 0.29) is 24.8 Å². The molecule has 1 aromatic heterocycles. The molecule has 0 saturated carbocycles. The summed E-state index contributed by atoms with van der Waals surface area (Å²) in [6.45, 7) is 3.58. The molecule has 1 amide bonds. The molecule has 0 aliphatic rings. The van der Waals surface area contributed by atoms with Crippen LogP contribution in [0.15, 0.2) is 30.3 Å². The highest BCUT2D eigenvalue weighted by atomic mass is 16.5. The molecular formula is C15H18N4O3. The maximum atomic E-state index is 12.4. The number of esters is 1. The predicted octanol–water partition coefficient (Wildman–Crippen LogP) is 1.21. The topological polar surface area (TPSA) is 77.3 Å². The lowest BCUT2D eigenvalue weighted by Crippen LogP contribution is -2.33. The second kappa shape index (κ2) is 6.84. The van der Waals surface area contributed by atoms with Crippen molar-refractivity contribution in [3.05, 3.63) is 41.7 Å². The minimum atomic E-state index is -0.452. The Kier molecular flexibility index (Phi) is 4.88. The number of ether oxygens (including phenoxy) is 1. The third-order valence-corrected chi connectivity index (χ3v) is 2.99. The highest BCUT2D eigenvalue weighted by Crippen LogP contribution is 2.10. The average molecular weight is 302 g/mol. The van der Waals surface area contributed by atoms with Gasteiger partial charge in [-0.3, -0.25) is 9.59 Å². The number of hydrogen-bond donors (Lipinski definition) is 0. The number of aromatic nitrogens is 3. The van der Waals surface area contributed by atoms with E-state index in [1.54, 1.807) is 13.8 Å². The molecule has 22 heavy (non-hydrogen) atoms. The summed E-state index contributed by atoms with van der Waals surface area (Å²) >= 11 is 0. The zero-order chi connectivity index (χ0) is 16.1. The third-order valence-electron chi connectivity index (χ3n) is 2.99. The van der Waals surface area contributed by atoms with Gasteiger partial charge in [-0.1, -0.05) is 18.2 Å². The van der Waals surface area contributed by atoms with Gasteiger partial charge in [-0.2, -0.15) is 9.90 Å². The molecule has 0 aliphatic heterocycles. The molecule has 0 saturated heterocycles. The summed E-state index contributed by atoms with van der Waals surface area (Å²) in [6.07, 6.45) is 0. The minimum absolute atomic E-state index is 0.121. The number of para-hydroxylation sites is 1. The highest BCUT2D eigenvalue weighted by Gasteiger charge is 2.22. The van der Waals surface area contributed by atoms with E-state index in [4.69, 9.17) is 4.74 Å². The SMILES string of the molecule is CCOC(=O)CN(C)C(=O)c1nn(-c2ccccc2)nc1C. The van der Waals surface area contributed by atoms with Gasteiger partial charge in [0, 0.05) is 7.05 Å². The molecule has 116 valence electrons. The fourth-order valence-electron chi connectivity index (χ4n) is 1.91. The van der Waals surface area contributed by atoms with Gasteiger partial charge in [-0.05, 0) is 26.0 Å². The summed E-state index contributed by atoms with van der Waals surface area (Å²) in [6, 6.07) is 9.30. The first-order chi connectivity index (χ1) is 10.5. The monoisotopic (exact) mass is 302 g/mol. The molecule has 0 bridgehead atoms. The molecule has 0 aliphatic carbocycles. The molecule has 2 aromatic rings. The van der Waals surface area contributed by atoms with Gasteiger partial charge in [-0.15, -0.1) is 5.10 Å². The van der Waals surface area contributed by atoms with Crippen LogP contribution in [0.1, 0.15) is 23.1 Å². The van der Waals surface area contributed by atoms with E-state index in [9.17, 15) is 9.59 Å². The van der Waals surface area contributed by atoms with Crippen molar-refractivity contribution in [3.63, 3.8) is 0 Å². The van der Waals surface area contributed by atoms with Gasteiger partial charge in [0.2, 0.25) is 0 Å². The lowest BCUT2D eigenvalue weighted by Gasteiger charge is -2.14. The van der Waals surface area contributed by atoms with Crippen molar-refractivity contribution in [2.75, 3.05) is 20.2 Å². The molecule has 7 nitrogen and oxygen atoms in total. The first kappa shape index (κ1) is 15.7. The normalized spacial score (nSPS) is 10.3. The number of nitrogens with zero attached hydrogens (tertiary/aromatic N) is 4. The van der Waals surface area contributed by atoms with E-state index in [0.717, 1.165) is 5.69 Å². The van der Waals surface area contributed by atoms with Crippen molar-refractivity contribution in [1.82, 2.24) is 19.9 Å². The van der Waals surface area contributed by atoms with Gasteiger partial charge in [-0.25, -0.2) is 0 Å².